The standard InChI is InChI=1S/C24H22N2O3/c1-27-21-13-7-6-11-18(21)24-26-20(15-19(25-26)16-9-4-3-5-10-16)17-12-8-14-22(28-2)23(17)29-24/h3-14,20,24H,15H2,1-2H3/t20-,24+/m0/s1. The van der Waals surface area contributed by atoms with Crippen molar-refractivity contribution < 1.29 is 14.2 Å². The molecular formula is C24H22N2O3. The van der Waals surface area contributed by atoms with E-state index in [1.807, 2.05) is 54.6 Å². The van der Waals surface area contributed by atoms with Crippen molar-refractivity contribution in [2.24, 2.45) is 5.10 Å². The fourth-order valence-corrected chi connectivity index (χ4v) is 4.13. The topological polar surface area (TPSA) is 43.3 Å². The van der Waals surface area contributed by atoms with Crippen LogP contribution in [0.15, 0.2) is 77.9 Å². The zero-order valence-electron chi connectivity index (χ0n) is 16.4. The molecule has 0 aromatic heterocycles. The molecule has 2 aliphatic heterocycles. The van der Waals surface area contributed by atoms with Gasteiger partial charge in [-0.1, -0.05) is 54.6 Å². The molecule has 29 heavy (non-hydrogen) atoms. The Kier molecular flexibility index (Phi) is 4.35. The second-order valence-corrected chi connectivity index (χ2v) is 7.10. The molecule has 0 saturated carbocycles. The van der Waals surface area contributed by atoms with Gasteiger partial charge in [0, 0.05) is 12.0 Å². The van der Waals surface area contributed by atoms with E-state index in [1.165, 1.54) is 0 Å². The van der Waals surface area contributed by atoms with Crippen molar-refractivity contribution in [1.29, 1.82) is 0 Å². The molecule has 2 atom stereocenters. The minimum atomic E-state index is -0.402. The van der Waals surface area contributed by atoms with Gasteiger partial charge in [-0.15, -0.1) is 0 Å². The first-order valence-corrected chi connectivity index (χ1v) is 9.68. The number of para-hydroxylation sites is 2. The van der Waals surface area contributed by atoms with Gasteiger partial charge in [0.25, 0.3) is 0 Å². The first kappa shape index (κ1) is 17.6. The van der Waals surface area contributed by atoms with Crippen molar-refractivity contribution in [1.82, 2.24) is 5.01 Å². The second-order valence-electron chi connectivity index (χ2n) is 7.10. The molecule has 0 spiro atoms. The summed E-state index contributed by atoms with van der Waals surface area (Å²) in [5, 5.41) is 7.05. The Hall–Kier alpha value is -3.47. The van der Waals surface area contributed by atoms with Crippen LogP contribution in [0.1, 0.15) is 35.4 Å². The molecule has 0 fully saturated rings. The van der Waals surface area contributed by atoms with Gasteiger partial charge in [0.05, 0.1) is 31.5 Å². The lowest BCUT2D eigenvalue weighted by Gasteiger charge is -2.39. The maximum absolute atomic E-state index is 6.49. The molecule has 0 saturated heterocycles. The maximum atomic E-state index is 6.49. The maximum Gasteiger partial charge on any atom is 0.217 e. The predicted molar refractivity (Wildman–Crippen MR) is 112 cm³/mol. The zero-order valence-corrected chi connectivity index (χ0v) is 16.4. The van der Waals surface area contributed by atoms with Gasteiger partial charge in [-0.05, 0) is 23.8 Å². The minimum Gasteiger partial charge on any atom is -0.496 e. The summed E-state index contributed by atoms with van der Waals surface area (Å²) in [6.07, 6.45) is 0.403. The zero-order chi connectivity index (χ0) is 19.8. The number of methoxy groups -OCH3 is 2. The second kappa shape index (κ2) is 7.17. The van der Waals surface area contributed by atoms with E-state index in [1.54, 1.807) is 14.2 Å². The summed E-state index contributed by atoms with van der Waals surface area (Å²) in [4.78, 5) is 0. The third-order valence-corrected chi connectivity index (χ3v) is 5.51. The molecule has 0 bridgehead atoms. The highest BCUT2D eigenvalue weighted by Crippen LogP contribution is 2.51. The number of nitrogens with zero attached hydrogens (tertiary/aromatic N) is 2. The molecule has 0 N–H and O–H groups in total. The Labute approximate surface area is 170 Å². The van der Waals surface area contributed by atoms with Crippen molar-refractivity contribution in [3.8, 4) is 17.2 Å². The van der Waals surface area contributed by atoms with Crippen LogP contribution in [0.5, 0.6) is 17.2 Å². The van der Waals surface area contributed by atoms with E-state index in [-0.39, 0.29) is 6.04 Å². The summed E-state index contributed by atoms with van der Waals surface area (Å²) < 4.78 is 17.7. The molecule has 3 aromatic rings. The van der Waals surface area contributed by atoms with Crippen LogP contribution in [-0.4, -0.2) is 24.9 Å². The Balaban J connectivity index is 1.65. The summed E-state index contributed by atoms with van der Waals surface area (Å²) in [5.74, 6) is 2.28. The largest absolute Gasteiger partial charge is 0.496 e. The van der Waals surface area contributed by atoms with E-state index in [0.29, 0.717) is 0 Å². The van der Waals surface area contributed by atoms with Gasteiger partial charge < -0.3 is 14.2 Å². The molecule has 146 valence electrons. The Morgan fingerprint density at radius 2 is 1.52 bits per heavy atom. The molecule has 0 radical (unpaired) electrons. The normalized spacial score (nSPS) is 19.7. The van der Waals surface area contributed by atoms with Crippen LogP contribution in [0.3, 0.4) is 0 Å². The van der Waals surface area contributed by atoms with Gasteiger partial charge in [0.2, 0.25) is 6.23 Å². The van der Waals surface area contributed by atoms with Gasteiger partial charge in [0.15, 0.2) is 11.5 Å². The highest BCUT2D eigenvalue weighted by atomic mass is 16.5. The van der Waals surface area contributed by atoms with Crippen molar-refractivity contribution in [3.63, 3.8) is 0 Å². The summed E-state index contributed by atoms with van der Waals surface area (Å²) in [7, 11) is 3.35. The van der Waals surface area contributed by atoms with Crippen LogP contribution >= 0.6 is 0 Å². The molecule has 3 aromatic carbocycles. The van der Waals surface area contributed by atoms with Crippen molar-refractivity contribution in [3.05, 3.63) is 89.5 Å². The fourth-order valence-electron chi connectivity index (χ4n) is 4.13. The summed E-state index contributed by atoms with van der Waals surface area (Å²) in [6.45, 7) is 0. The van der Waals surface area contributed by atoms with E-state index in [0.717, 1.165) is 46.1 Å². The van der Waals surface area contributed by atoms with Crippen LogP contribution in [0.4, 0.5) is 0 Å². The van der Waals surface area contributed by atoms with Crippen LogP contribution < -0.4 is 14.2 Å². The molecule has 5 rings (SSSR count). The van der Waals surface area contributed by atoms with E-state index in [9.17, 15) is 0 Å². The van der Waals surface area contributed by atoms with Crippen molar-refractivity contribution in [2.45, 2.75) is 18.7 Å². The summed E-state index contributed by atoms with van der Waals surface area (Å²) in [5.41, 5.74) is 4.21. The first-order chi connectivity index (χ1) is 14.3. The lowest BCUT2D eigenvalue weighted by atomic mass is 9.95. The Morgan fingerprint density at radius 1 is 0.828 bits per heavy atom. The number of hydrogen-bond acceptors (Lipinski definition) is 5. The first-order valence-electron chi connectivity index (χ1n) is 9.68. The van der Waals surface area contributed by atoms with Crippen LogP contribution in [0.2, 0.25) is 0 Å². The number of rotatable bonds is 4. The predicted octanol–water partition coefficient (Wildman–Crippen LogP) is 4.95. The average molecular weight is 386 g/mol. The van der Waals surface area contributed by atoms with Crippen LogP contribution in [0.25, 0.3) is 0 Å². The fraction of sp³-hybridized carbons (Fsp3) is 0.208. The summed E-state index contributed by atoms with van der Waals surface area (Å²) >= 11 is 0. The van der Waals surface area contributed by atoms with Gasteiger partial charge in [-0.2, -0.15) is 5.10 Å². The van der Waals surface area contributed by atoms with Gasteiger partial charge in [-0.25, -0.2) is 5.01 Å². The minimum absolute atomic E-state index is 0.0685. The lowest BCUT2D eigenvalue weighted by Crippen LogP contribution is -2.34. The Morgan fingerprint density at radius 3 is 2.31 bits per heavy atom. The van der Waals surface area contributed by atoms with E-state index >= 15 is 0 Å². The average Bonchev–Trinajstić information content (AvgIpc) is 3.24. The van der Waals surface area contributed by atoms with Crippen LogP contribution in [-0.2, 0) is 0 Å². The van der Waals surface area contributed by atoms with E-state index in [4.69, 9.17) is 19.3 Å². The highest BCUT2D eigenvalue weighted by Gasteiger charge is 2.42. The third kappa shape index (κ3) is 2.90. The van der Waals surface area contributed by atoms with Gasteiger partial charge in [-0.3, -0.25) is 0 Å². The Bertz CT molecular complexity index is 1060. The number of hydrazone groups is 1. The van der Waals surface area contributed by atoms with Gasteiger partial charge >= 0.3 is 0 Å². The molecule has 5 heteroatoms. The number of benzene rings is 3. The monoisotopic (exact) mass is 386 g/mol. The molecule has 2 aliphatic rings. The molecule has 0 aliphatic carbocycles. The third-order valence-electron chi connectivity index (χ3n) is 5.51. The van der Waals surface area contributed by atoms with Gasteiger partial charge in [0.1, 0.15) is 5.75 Å². The van der Waals surface area contributed by atoms with E-state index in [2.05, 4.69) is 23.2 Å². The smallest absolute Gasteiger partial charge is 0.217 e. The van der Waals surface area contributed by atoms with E-state index < -0.39 is 6.23 Å². The number of ether oxygens (including phenoxy) is 3. The summed E-state index contributed by atoms with van der Waals surface area (Å²) in [6, 6.07) is 24.3. The SMILES string of the molecule is COc1ccccc1[C@H]1Oc2c(OC)cccc2[C@@H]2CC(c3ccccc3)=NN12. The van der Waals surface area contributed by atoms with Crippen molar-refractivity contribution >= 4 is 5.71 Å². The number of hydrogen-bond donors (Lipinski definition) is 0. The van der Waals surface area contributed by atoms with Crippen molar-refractivity contribution in [2.75, 3.05) is 14.2 Å². The highest BCUT2D eigenvalue weighted by molar-refractivity contribution is 6.01. The van der Waals surface area contributed by atoms with Crippen LogP contribution in [0, 0.1) is 0 Å². The molecule has 0 amide bonds. The molecule has 2 heterocycles. The molecular weight excluding hydrogens is 364 g/mol. The quantitative estimate of drug-likeness (QED) is 0.637. The number of fused-ring (bicyclic) bond motifs is 3. The lowest BCUT2D eigenvalue weighted by molar-refractivity contribution is -0.0221. The molecule has 0 unspecified atom stereocenters. The molecule has 5 nitrogen and oxygen atoms in total.